The van der Waals surface area contributed by atoms with Gasteiger partial charge in [-0.25, -0.2) is 9.59 Å². The van der Waals surface area contributed by atoms with Crippen LogP contribution in [0.15, 0.2) is 54.6 Å². The molecule has 0 aromatic heterocycles. The molecule has 3 rings (SSSR count). The van der Waals surface area contributed by atoms with Crippen LogP contribution in [0, 0.1) is 0 Å². The molecule has 1 aliphatic heterocycles. The standard InChI is InChI=1S/C23H25F2NO5/c24-23(25,18-4-2-1-3-5-18)20(27)11-10-19-13-15-31-22(30)26(19)14-12-16-6-8-17(9-7-16)21(28)29/h1-9,19-20,27H,10-15H2,(H,28,29)/t19-,20?/m0/s1. The first-order chi connectivity index (χ1) is 14.8. The number of halogens is 2. The molecule has 1 heterocycles. The normalized spacial score (nSPS) is 17.8. The number of nitrogens with zero attached hydrogens (tertiary/aromatic N) is 1. The first kappa shape index (κ1) is 22.7. The van der Waals surface area contributed by atoms with E-state index in [1.807, 2.05) is 0 Å². The summed E-state index contributed by atoms with van der Waals surface area (Å²) >= 11 is 0. The van der Waals surface area contributed by atoms with Crippen molar-refractivity contribution in [3.05, 3.63) is 71.3 Å². The number of carboxylic acids is 1. The largest absolute Gasteiger partial charge is 0.478 e. The maximum atomic E-state index is 14.5. The summed E-state index contributed by atoms with van der Waals surface area (Å²) in [5.74, 6) is -4.40. The number of alkyl halides is 2. The maximum absolute atomic E-state index is 14.5. The summed E-state index contributed by atoms with van der Waals surface area (Å²) in [6.45, 7) is 0.513. The monoisotopic (exact) mass is 433 g/mol. The van der Waals surface area contributed by atoms with Gasteiger partial charge in [-0.15, -0.1) is 0 Å². The van der Waals surface area contributed by atoms with E-state index in [1.54, 1.807) is 18.2 Å². The predicted octanol–water partition coefficient (Wildman–Crippen LogP) is 4.07. The first-order valence-electron chi connectivity index (χ1n) is 10.2. The summed E-state index contributed by atoms with van der Waals surface area (Å²) in [4.78, 5) is 24.7. The highest BCUT2D eigenvalue weighted by Crippen LogP contribution is 2.34. The maximum Gasteiger partial charge on any atom is 0.410 e. The number of cyclic esters (lactones) is 1. The Bertz CT molecular complexity index is 889. The second-order valence-electron chi connectivity index (χ2n) is 7.58. The van der Waals surface area contributed by atoms with Crippen LogP contribution in [0.2, 0.25) is 0 Å². The Hall–Kier alpha value is -3.00. The number of aromatic carboxylic acids is 1. The number of carbonyl (C=O) groups excluding carboxylic acids is 1. The summed E-state index contributed by atoms with van der Waals surface area (Å²) in [5, 5.41) is 19.1. The van der Waals surface area contributed by atoms with E-state index in [4.69, 9.17) is 9.84 Å². The fraction of sp³-hybridized carbons (Fsp3) is 0.391. The highest BCUT2D eigenvalue weighted by Gasteiger charge is 2.41. The predicted molar refractivity (Wildman–Crippen MR) is 109 cm³/mol. The van der Waals surface area contributed by atoms with Gasteiger partial charge in [0.1, 0.15) is 6.10 Å². The lowest BCUT2D eigenvalue weighted by Gasteiger charge is -2.36. The Morgan fingerprint density at radius 2 is 1.84 bits per heavy atom. The zero-order valence-electron chi connectivity index (χ0n) is 16.9. The molecule has 2 aromatic carbocycles. The van der Waals surface area contributed by atoms with Gasteiger partial charge in [-0.1, -0.05) is 42.5 Å². The Balaban J connectivity index is 1.60. The molecule has 2 N–H and O–H groups in total. The van der Waals surface area contributed by atoms with Crippen LogP contribution in [0.3, 0.4) is 0 Å². The molecule has 1 fully saturated rings. The second kappa shape index (κ2) is 9.87. The van der Waals surface area contributed by atoms with E-state index in [9.17, 15) is 23.5 Å². The fourth-order valence-corrected chi connectivity index (χ4v) is 3.69. The summed E-state index contributed by atoms with van der Waals surface area (Å²) in [6, 6.07) is 13.2. The lowest BCUT2D eigenvalue weighted by atomic mass is 9.96. The number of benzene rings is 2. The third kappa shape index (κ3) is 5.58. The van der Waals surface area contributed by atoms with Crippen LogP contribution in [0.4, 0.5) is 13.6 Å². The fourth-order valence-electron chi connectivity index (χ4n) is 3.69. The Morgan fingerprint density at radius 3 is 2.48 bits per heavy atom. The average Bonchev–Trinajstić information content (AvgIpc) is 2.77. The van der Waals surface area contributed by atoms with E-state index in [1.165, 1.54) is 41.3 Å². The molecule has 8 heteroatoms. The highest BCUT2D eigenvalue weighted by molar-refractivity contribution is 5.87. The summed E-state index contributed by atoms with van der Waals surface area (Å²) in [6.07, 6.45) is -1.36. The van der Waals surface area contributed by atoms with Gasteiger partial charge in [0.25, 0.3) is 5.92 Å². The Kier molecular flexibility index (Phi) is 7.22. The van der Waals surface area contributed by atoms with E-state index in [0.717, 1.165) is 5.56 Å². The molecule has 1 saturated heterocycles. The van der Waals surface area contributed by atoms with Crippen molar-refractivity contribution < 1.29 is 33.3 Å². The quantitative estimate of drug-likeness (QED) is 0.623. The van der Waals surface area contributed by atoms with Crippen molar-refractivity contribution in [1.82, 2.24) is 4.90 Å². The number of carbonyl (C=O) groups is 2. The zero-order valence-corrected chi connectivity index (χ0v) is 16.9. The molecule has 2 atom stereocenters. The van der Waals surface area contributed by atoms with Crippen LogP contribution < -0.4 is 0 Å². The van der Waals surface area contributed by atoms with Crippen molar-refractivity contribution in [2.45, 2.75) is 43.8 Å². The molecule has 0 saturated carbocycles. The van der Waals surface area contributed by atoms with Crippen molar-refractivity contribution in [3.8, 4) is 0 Å². The van der Waals surface area contributed by atoms with E-state index >= 15 is 0 Å². The minimum absolute atomic E-state index is 0.163. The van der Waals surface area contributed by atoms with Gasteiger partial charge in [0.2, 0.25) is 0 Å². The van der Waals surface area contributed by atoms with Crippen molar-refractivity contribution in [3.63, 3.8) is 0 Å². The number of aliphatic hydroxyl groups excluding tert-OH is 1. The average molecular weight is 433 g/mol. The van der Waals surface area contributed by atoms with E-state index in [-0.39, 0.29) is 36.6 Å². The van der Waals surface area contributed by atoms with Gasteiger partial charge in [-0.3, -0.25) is 0 Å². The lowest BCUT2D eigenvalue weighted by molar-refractivity contribution is -0.120. The van der Waals surface area contributed by atoms with Crippen molar-refractivity contribution in [1.29, 1.82) is 0 Å². The number of hydrogen-bond acceptors (Lipinski definition) is 4. The Morgan fingerprint density at radius 1 is 1.16 bits per heavy atom. The van der Waals surface area contributed by atoms with Crippen molar-refractivity contribution in [2.75, 3.05) is 13.2 Å². The summed E-state index contributed by atoms with van der Waals surface area (Å²) in [7, 11) is 0. The molecular weight excluding hydrogens is 408 g/mol. The van der Waals surface area contributed by atoms with Gasteiger partial charge in [0, 0.05) is 24.6 Å². The minimum Gasteiger partial charge on any atom is -0.478 e. The minimum atomic E-state index is -3.38. The number of carboxylic acid groups (broad SMARTS) is 1. The van der Waals surface area contributed by atoms with Crippen molar-refractivity contribution >= 4 is 12.1 Å². The van der Waals surface area contributed by atoms with Crippen LogP contribution in [-0.4, -0.2) is 52.5 Å². The molecule has 166 valence electrons. The highest BCUT2D eigenvalue weighted by atomic mass is 19.3. The van der Waals surface area contributed by atoms with Crippen LogP contribution in [-0.2, 0) is 17.1 Å². The third-order valence-corrected chi connectivity index (χ3v) is 5.54. The summed E-state index contributed by atoms with van der Waals surface area (Å²) < 4.78 is 34.2. The molecule has 1 unspecified atom stereocenters. The molecule has 0 spiro atoms. The van der Waals surface area contributed by atoms with Crippen LogP contribution in [0.5, 0.6) is 0 Å². The molecule has 0 aliphatic carbocycles. The molecule has 31 heavy (non-hydrogen) atoms. The Labute approximate surface area is 179 Å². The van der Waals surface area contributed by atoms with Crippen LogP contribution >= 0.6 is 0 Å². The smallest absolute Gasteiger partial charge is 0.410 e. The van der Waals surface area contributed by atoms with Gasteiger partial charge in [0.15, 0.2) is 0 Å². The number of ether oxygens (including phenoxy) is 1. The van der Waals surface area contributed by atoms with Gasteiger partial charge >= 0.3 is 12.1 Å². The van der Waals surface area contributed by atoms with E-state index in [0.29, 0.717) is 19.4 Å². The molecule has 0 bridgehead atoms. The zero-order chi connectivity index (χ0) is 22.4. The van der Waals surface area contributed by atoms with E-state index in [2.05, 4.69) is 0 Å². The molecular formula is C23H25F2NO5. The third-order valence-electron chi connectivity index (χ3n) is 5.54. The van der Waals surface area contributed by atoms with Crippen molar-refractivity contribution in [2.24, 2.45) is 0 Å². The summed E-state index contributed by atoms with van der Waals surface area (Å²) in [5.41, 5.74) is 0.775. The lowest BCUT2D eigenvalue weighted by Crippen LogP contribution is -2.47. The number of aliphatic hydroxyl groups is 1. The van der Waals surface area contributed by atoms with Gasteiger partial charge in [-0.05, 0) is 37.0 Å². The molecule has 1 amide bonds. The molecule has 2 aromatic rings. The molecule has 1 aliphatic rings. The topological polar surface area (TPSA) is 87.1 Å². The van der Waals surface area contributed by atoms with Crippen LogP contribution in [0.25, 0.3) is 0 Å². The van der Waals surface area contributed by atoms with Gasteiger partial charge in [-0.2, -0.15) is 8.78 Å². The SMILES string of the molecule is O=C(O)c1ccc(CCN2C(=O)OCC[C@@H]2CCC(O)C(F)(F)c2ccccc2)cc1. The number of amides is 1. The number of hydrogen-bond donors (Lipinski definition) is 2. The van der Waals surface area contributed by atoms with Gasteiger partial charge in [0.05, 0.1) is 12.2 Å². The molecule has 0 radical (unpaired) electrons. The first-order valence-corrected chi connectivity index (χ1v) is 10.2. The number of rotatable bonds is 9. The second-order valence-corrected chi connectivity index (χ2v) is 7.58. The van der Waals surface area contributed by atoms with Gasteiger partial charge < -0.3 is 19.8 Å². The van der Waals surface area contributed by atoms with E-state index < -0.39 is 24.1 Å². The molecule has 6 nitrogen and oxygen atoms in total. The van der Waals surface area contributed by atoms with Crippen LogP contribution in [0.1, 0.15) is 40.7 Å².